The van der Waals surface area contributed by atoms with Crippen LogP contribution in [0.2, 0.25) is 0 Å². The van der Waals surface area contributed by atoms with Crippen molar-refractivity contribution < 1.29 is 4.42 Å². The number of hydrogen-bond donors (Lipinski definition) is 0. The molecule has 0 saturated heterocycles. The Labute approximate surface area is 299 Å². The summed E-state index contributed by atoms with van der Waals surface area (Å²) in [6, 6.07) is 37.9. The molecule has 4 nitrogen and oxygen atoms in total. The summed E-state index contributed by atoms with van der Waals surface area (Å²) in [5.74, 6) is 1.95. The van der Waals surface area contributed by atoms with Crippen LogP contribution < -0.4 is 38.2 Å². The van der Waals surface area contributed by atoms with E-state index in [1.807, 2.05) is 12.1 Å². The summed E-state index contributed by atoms with van der Waals surface area (Å²) in [7, 11) is 15.3. The first kappa shape index (κ1) is 31.8. The average Bonchev–Trinajstić information content (AvgIpc) is 3.58. The maximum atomic E-state index is 6.71. The molecule has 0 saturated carbocycles. The summed E-state index contributed by atoms with van der Waals surface area (Å²) in [4.78, 5) is 15.5. The van der Waals surface area contributed by atoms with Crippen molar-refractivity contribution in [3.63, 3.8) is 0 Å². The number of fused-ring (bicyclic) bond motifs is 3. The van der Waals surface area contributed by atoms with Crippen LogP contribution in [0.1, 0.15) is 0 Å². The fourth-order valence-corrected chi connectivity index (χ4v) is 7.33. The lowest BCUT2D eigenvalue weighted by Gasteiger charge is -2.16. The molecule has 2 heterocycles. The minimum absolute atomic E-state index is 0.642. The minimum Gasteiger partial charge on any atom is -0.457 e. The predicted octanol–water partition coefficient (Wildman–Crippen LogP) is -2.09. The van der Waals surface area contributed by atoms with Crippen LogP contribution in [0.15, 0.2) is 114 Å². The van der Waals surface area contributed by atoms with E-state index in [-0.39, 0.29) is 0 Å². The van der Waals surface area contributed by atoms with Crippen molar-refractivity contribution in [1.82, 2.24) is 15.0 Å². The third kappa shape index (κ3) is 5.24. The highest BCUT2D eigenvalue weighted by molar-refractivity contribution is 6.68. The molecule has 0 aliphatic heterocycles. The third-order valence-electron chi connectivity index (χ3n) is 10.7. The molecule has 0 atom stereocenters. The van der Waals surface area contributed by atoms with Gasteiger partial charge in [0.05, 0.1) is 0 Å². The number of aromatic nitrogens is 3. The van der Waals surface area contributed by atoms with Gasteiger partial charge in [0.2, 0.25) is 0 Å². The molecule has 11 heteroatoms. The molecular formula is C39H32B7N3O. The first-order chi connectivity index (χ1) is 24.2. The summed E-state index contributed by atoms with van der Waals surface area (Å²) in [5, 5.41) is 2.33. The summed E-state index contributed by atoms with van der Waals surface area (Å²) < 4.78 is 6.71. The molecule has 0 unspecified atom stereocenters. The third-order valence-corrected chi connectivity index (χ3v) is 10.7. The van der Waals surface area contributed by atoms with Gasteiger partial charge in [-0.1, -0.05) is 142 Å². The second-order valence-corrected chi connectivity index (χ2v) is 13.5. The Bertz CT molecular complexity index is 2490. The molecular weight excluding hydrogens is 602 g/mol. The quantitative estimate of drug-likeness (QED) is 0.204. The van der Waals surface area contributed by atoms with Crippen LogP contribution in [-0.4, -0.2) is 69.9 Å². The molecule has 0 aliphatic carbocycles. The lowest BCUT2D eigenvalue weighted by Crippen LogP contribution is -2.47. The molecule has 0 radical (unpaired) electrons. The second kappa shape index (κ2) is 12.5. The average molecular weight is 634 g/mol. The number of furan rings is 1. The lowest BCUT2D eigenvalue weighted by atomic mass is 9.64. The Morgan fingerprint density at radius 1 is 0.320 bits per heavy atom. The van der Waals surface area contributed by atoms with Gasteiger partial charge in [-0.05, 0) is 22.3 Å². The summed E-state index contributed by atoms with van der Waals surface area (Å²) in [6.45, 7) is 0. The Kier molecular flexibility index (Phi) is 7.94. The first-order valence-corrected chi connectivity index (χ1v) is 17.2. The molecule has 230 valence electrons. The van der Waals surface area contributed by atoms with Gasteiger partial charge in [0, 0.05) is 27.5 Å². The van der Waals surface area contributed by atoms with Gasteiger partial charge in [0.25, 0.3) is 0 Å². The van der Waals surface area contributed by atoms with Gasteiger partial charge in [0.15, 0.2) is 17.5 Å². The van der Waals surface area contributed by atoms with Crippen molar-refractivity contribution >= 4 is 115 Å². The Hall–Kier alpha value is -5.42. The van der Waals surface area contributed by atoms with Crippen LogP contribution in [0.4, 0.5) is 0 Å². The van der Waals surface area contributed by atoms with E-state index < -0.39 is 0 Å². The van der Waals surface area contributed by atoms with Gasteiger partial charge in [-0.15, -0.1) is 5.46 Å². The van der Waals surface area contributed by atoms with Crippen molar-refractivity contribution in [1.29, 1.82) is 0 Å². The van der Waals surface area contributed by atoms with Gasteiger partial charge in [-0.2, -0.15) is 0 Å². The van der Waals surface area contributed by atoms with Gasteiger partial charge in [-0.25, -0.2) is 15.0 Å². The second-order valence-electron chi connectivity index (χ2n) is 13.5. The van der Waals surface area contributed by atoms with Crippen LogP contribution in [0.25, 0.3) is 78.4 Å². The molecule has 0 amide bonds. The van der Waals surface area contributed by atoms with Gasteiger partial charge < -0.3 is 4.42 Å². The summed E-state index contributed by atoms with van der Waals surface area (Å²) in [5.41, 5.74) is 17.8. The lowest BCUT2D eigenvalue weighted by molar-refractivity contribution is 0.675. The molecule has 0 spiro atoms. The van der Waals surface area contributed by atoms with Crippen LogP contribution in [0.3, 0.4) is 0 Å². The number of benzene rings is 6. The Morgan fingerprint density at radius 3 is 1.16 bits per heavy atom. The molecule has 8 aromatic rings. The van der Waals surface area contributed by atoms with Crippen LogP contribution in [0.5, 0.6) is 0 Å². The van der Waals surface area contributed by atoms with E-state index in [0.717, 1.165) is 60.8 Å². The van der Waals surface area contributed by atoms with E-state index in [2.05, 4.69) is 152 Å². The van der Waals surface area contributed by atoms with E-state index in [0.29, 0.717) is 17.5 Å². The smallest absolute Gasteiger partial charge is 0.164 e. The van der Waals surface area contributed by atoms with Crippen molar-refractivity contribution in [2.24, 2.45) is 0 Å². The summed E-state index contributed by atoms with van der Waals surface area (Å²) >= 11 is 0. The summed E-state index contributed by atoms with van der Waals surface area (Å²) in [6.07, 6.45) is 0. The largest absolute Gasteiger partial charge is 0.457 e. The zero-order chi connectivity index (χ0) is 34.7. The fourth-order valence-electron chi connectivity index (χ4n) is 7.33. The van der Waals surface area contributed by atoms with Gasteiger partial charge in [-0.3, -0.25) is 0 Å². The highest BCUT2D eigenvalue weighted by atomic mass is 16.3. The van der Waals surface area contributed by atoms with E-state index >= 15 is 0 Å². The first-order valence-electron chi connectivity index (χ1n) is 17.2. The number of rotatable bonds is 5. The number of hydrogen-bond acceptors (Lipinski definition) is 4. The van der Waals surface area contributed by atoms with E-state index in [4.69, 9.17) is 19.4 Å². The molecule has 0 bridgehead atoms. The van der Waals surface area contributed by atoms with E-state index in [9.17, 15) is 0 Å². The Morgan fingerprint density at radius 2 is 0.680 bits per heavy atom. The highest BCUT2D eigenvalue weighted by Gasteiger charge is 2.24. The van der Waals surface area contributed by atoms with Crippen molar-refractivity contribution in [3.8, 4) is 56.4 Å². The van der Waals surface area contributed by atoms with Crippen molar-refractivity contribution in [2.45, 2.75) is 0 Å². The molecule has 8 rings (SSSR count). The molecule has 50 heavy (non-hydrogen) atoms. The molecule has 0 N–H and O–H groups in total. The van der Waals surface area contributed by atoms with Gasteiger partial charge in [0.1, 0.15) is 66.1 Å². The molecule has 2 aromatic heterocycles. The fraction of sp³-hybridized carbons (Fsp3) is 0. The molecule has 6 aromatic carbocycles. The van der Waals surface area contributed by atoms with Crippen LogP contribution in [-0.2, 0) is 0 Å². The minimum atomic E-state index is 0.642. The van der Waals surface area contributed by atoms with E-state index in [1.54, 1.807) is 0 Å². The SMILES string of the molecule is Bc1c(B)c(B)c2c(oc3c(B)c(B)c(-c4nc(-c5ccc(-c6ccccc6)cc5)nc(-c5ccc(-c6ccccc6)cc5)n4)c(B)c32)c1B. The zero-order valence-corrected chi connectivity index (χ0v) is 29.6. The molecule has 0 fully saturated rings. The number of nitrogens with zero attached hydrogens (tertiary/aromatic N) is 3. The maximum Gasteiger partial charge on any atom is 0.164 e. The standard InChI is InChI=1S/C39H32B7N3O/c40-28-25-26-29(41)31(43)32(44)34(46)36(26)50-35(25)33(45)30(42)27(28)39-48-37(23-15-11-21(12-16-23)19-7-3-1-4-8-19)47-38(49-39)24-17-13-22(14-18-24)20-9-5-2-6-10-20/h1-18H,40-46H2. The monoisotopic (exact) mass is 635 g/mol. The van der Waals surface area contributed by atoms with Crippen molar-refractivity contribution in [3.05, 3.63) is 109 Å². The normalized spacial score (nSPS) is 11.4. The maximum absolute atomic E-state index is 6.71. The zero-order valence-electron chi connectivity index (χ0n) is 29.6. The van der Waals surface area contributed by atoms with Crippen LogP contribution in [0, 0.1) is 0 Å². The van der Waals surface area contributed by atoms with Crippen LogP contribution >= 0.6 is 0 Å². The van der Waals surface area contributed by atoms with E-state index in [1.165, 1.54) is 38.4 Å². The highest BCUT2D eigenvalue weighted by Crippen LogP contribution is 2.30. The van der Waals surface area contributed by atoms with Crippen molar-refractivity contribution in [2.75, 3.05) is 0 Å². The molecule has 0 aliphatic rings. The topological polar surface area (TPSA) is 51.8 Å². The predicted molar refractivity (Wildman–Crippen MR) is 232 cm³/mol. The Balaban J connectivity index is 1.35. The van der Waals surface area contributed by atoms with Gasteiger partial charge >= 0.3 is 0 Å².